The minimum absolute atomic E-state index is 0.155. The number of aliphatic hydroxyl groups excluding tert-OH is 1. The predicted molar refractivity (Wildman–Crippen MR) is 119 cm³/mol. The molecule has 2 atom stereocenters. The third kappa shape index (κ3) is 3.87. The number of rotatable bonds is 4. The van der Waals surface area contributed by atoms with E-state index in [1.54, 1.807) is 17.7 Å². The summed E-state index contributed by atoms with van der Waals surface area (Å²) in [6.07, 6.45) is 3.17. The first-order valence-electron chi connectivity index (χ1n) is 10.6. The Hall–Kier alpha value is -2.29. The molecule has 2 aliphatic rings. The summed E-state index contributed by atoms with van der Waals surface area (Å²) < 4.78 is 5.47. The van der Waals surface area contributed by atoms with Gasteiger partial charge in [-0.25, -0.2) is 15.0 Å². The van der Waals surface area contributed by atoms with Crippen molar-refractivity contribution in [2.24, 2.45) is 5.92 Å². The predicted octanol–water partition coefficient (Wildman–Crippen LogP) is 3.18. The van der Waals surface area contributed by atoms with Gasteiger partial charge in [-0.05, 0) is 38.0 Å². The van der Waals surface area contributed by atoms with Gasteiger partial charge >= 0.3 is 0 Å². The molecule has 2 fully saturated rings. The van der Waals surface area contributed by atoms with Gasteiger partial charge in [-0.1, -0.05) is 0 Å². The van der Waals surface area contributed by atoms with Crippen LogP contribution in [0.5, 0.6) is 0 Å². The Balaban J connectivity index is 1.39. The van der Waals surface area contributed by atoms with Gasteiger partial charge in [0.2, 0.25) is 0 Å². The van der Waals surface area contributed by atoms with Crippen LogP contribution < -0.4 is 9.80 Å². The number of aromatic nitrogens is 3. The maximum Gasteiger partial charge on any atom is 0.139 e. The zero-order valence-corrected chi connectivity index (χ0v) is 18.0. The topological polar surface area (TPSA) is 74.6 Å². The van der Waals surface area contributed by atoms with Crippen molar-refractivity contribution in [2.75, 3.05) is 49.2 Å². The normalized spacial score (nSPS) is 21.2. The quantitative estimate of drug-likeness (QED) is 0.688. The molecule has 0 spiro atoms. The number of aliphatic hydroxyl groups is 1. The number of morpholine rings is 1. The lowest BCUT2D eigenvalue weighted by Crippen LogP contribution is -2.38. The van der Waals surface area contributed by atoms with Crippen LogP contribution in [0.2, 0.25) is 0 Å². The van der Waals surface area contributed by atoms with E-state index in [9.17, 15) is 5.11 Å². The van der Waals surface area contributed by atoms with Crippen LogP contribution in [0.15, 0.2) is 29.9 Å². The van der Waals surface area contributed by atoms with Crippen molar-refractivity contribution in [2.45, 2.75) is 25.9 Å². The number of nitrogens with zero attached hydrogens (tertiary/aromatic N) is 5. The fraction of sp³-hybridized carbons (Fsp3) is 0.500. The average Bonchev–Trinajstić information content (AvgIpc) is 3.24. The summed E-state index contributed by atoms with van der Waals surface area (Å²) in [4.78, 5) is 18.3. The number of thiazole rings is 1. The Morgan fingerprint density at radius 3 is 2.83 bits per heavy atom. The minimum atomic E-state index is -0.521. The summed E-state index contributed by atoms with van der Waals surface area (Å²) in [6.45, 7) is 7.04. The highest BCUT2D eigenvalue weighted by molar-refractivity contribution is 7.09. The monoisotopic (exact) mass is 425 g/mol. The fourth-order valence-electron chi connectivity index (χ4n) is 4.47. The Morgan fingerprint density at radius 1 is 1.17 bits per heavy atom. The van der Waals surface area contributed by atoms with Gasteiger partial charge < -0.3 is 19.6 Å². The second-order valence-corrected chi connectivity index (χ2v) is 9.01. The van der Waals surface area contributed by atoms with Crippen LogP contribution in [0, 0.1) is 12.8 Å². The third-order valence-electron chi connectivity index (χ3n) is 6.07. The Morgan fingerprint density at radius 2 is 2.03 bits per heavy atom. The van der Waals surface area contributed by atoms with E-state index in [0.717, 1.165) is 79.7 Å². The summed E-state index contributed by atoms with van der Waals surface area (Å²) >= 11 is 1.55. The van der Waals surface area contributed by atoms with E-state index < -0.39 is 6.10 Å². The number of benzene rings is 1. The second-order valence-electron chi connectivity index (χ2n) is 8.12. The molecule has 0 saturated carbocycles. The number of fused-ring (bicyclic) bond motifs is 1. The van der Waals surface area contributed by atoms with Gasteiger partial charge in [-0.15, -0.1) is 11.3 Å². The van der Waals surface area contributed by atoms with E-state index >= 15 is 0 Å². The van der Waals surface area contributed by atoms with Crippen molar-refractivity contribution in [3.05, 3.63) is 40.6 Å². The molecule has 1 N–H and O–H groups in total. The lowest BCUT2D eigenvalue weighted by atomic mass is 9.92. The lowest BCUT2D eigenvalue weighted by molar-refractivity contribution is 0.0976. The molecule has 158 valence electrons. The fourth-order valence-corrected chi connectivity index (χ4v) is 5.34. The average molecular weight is 426 g/mol. The summed E-state index contributed by atoms with van der Waals surface area (Å²) in [5, 5.41) is 14.8. The van der Waals surface area contributed by atoms with Crippen LogP contribution in [0.25, 0.3) is 10.9 Å². The largest absolute Gasteiger partial charge is 0.386 e. The van der Waals surface area contributed by atoms with Gasteiger partial charge in [0.1, 0.15) is 23.3 Å². The number of aryl methyl sites for hydroxylation is 1. The Labute approximate surface area is 180 Å². The molecule has 0 aliphatic carbocycles. The molecule has 30 heavy (non-hydrogen) atoms. The Bertz CT molecular complexity index is 1020. The molecule has 8 heteroatoms. The highest BCUT2D eigenvalue weighted by Gasteiger charge is 2.30. The molecule has 3 aromatic rings. The first-order chi connectivity index (χ1) is 14.7. The molecule has 4 heterocycles. The van der Waals surface area contributed by atoms with Crippen LogP contribution >= 0.6 is 11.3 Å². The standard InChI is InChI=1S/C22H27N5O2S/c1-15-13-30-22(25-15)20(28)16-3-2-6-27(12-16)21-18-5-4-17(11-19(18)23-14-24-21)26-7-9-29-10-8-26/h4-5,11,13-14,16,20,28H,2-3,6-10,12H2,1H3. The molecule has 5 rings (SSSR count). The smallest absolute Gasteiger partial charge is 0.139 e. The molecule has 1 aromatic carbocycles. The molecular formula is C22H27N5O2S. The van der Waals surface area contributed by atoms with E-state index in [0.29, 0.717) is 0 Å². The zero-order valence-electron chi connectivity index (χ0n) is 17.2. The lowest BCUT2D eigenvalue weighted by Gasteiger charge is -2.35. The van der Waals surface area contributed by atoms with E-state index in [2.05, 4.69) is 43.0 Å². The van der Waals surface area contributed by atoms with Crippen LogP contribution in [-0.2, 0) is 4.74 Å². The van der Waals surface area contributed by atoms with Crippen molar-refractivity contribution in [1.29, 1.82) is 0 Å². The van der Waals surface area contributed by atoms with Gasteiger partial charge in [-0.2, -0.15) is 0 Å². The first kappa shape index (κ1) is 19.7. The van der Waals surface area contributed by atoms with Crippen molar-refractivity contribution >= 4 is 33.7 Å². The molecule has 0 amide bonds. The van der Waals surface area contributed by atoms with E-state index in [4.69, 9.17) is 4.74 Å². The Kier molecular flexibility index (Phi) is 5.54. The summed E-state index contributed by atoms with van der Waals surface area (Å²) in [5.41, 5.74) is 3.11. The second kappa shape index (κ2) is 8.45. The molecule has 7 nitrogen and oxygen atoms in total. The van der Waals surface area contributed by atoms with Gasteiger partial charge in [-0.3, -0.25) is 0 Å². The summed E-state index contributed by atoms with van der Waals surface area (Å²) in [6, 6.07) is 6.45. The molecule has 2 aromatic heterocycles. The number of ether oxygens (including phenoxy) is 1. The van der Waals surface area contributed by atoms with Crippen LogP contribution in [0.3, 0.4) is 0 Å². The van der Waals surface area contributed by atoms with E-state index in [1.165, 1.54) is 5.69 Å². The SMILES string of the molecule is Cc1csc(C(O)C2CCCN(c3ncnc4cc(N5CCOCC5)ccc34)C2)n1. The van der Waals surface area contributed by atoms with Crippen molar-refractivity contribution in [1.82, 2.24) is 15.0 Å². The van der Waals surface area contributed by atoms with Gasteiger partial charge in [0.25, 0.3) is 0 Å². The molecular weight excluding hydrogens is 398 g/mol. The van der Waals surface area contributed by atoms with Gasteiger partial charge in [0.05, 0.1) is 18.7 Å². The number of anilines is 2. The number of hydrogen-bond donors (Lipinski definition) is 1. The zero-order chi connectivity index (χ0) is 20.5. The van der Waals surface area contributed by atoms with Crippen LogP contribution in [0.1, 0.15) is 29.6 Å². The molecule has 0 bridgehead atoms. The first-order valence-corrected chi connectivity index (χ1v) is 11.5. The van der Waals surface area contributed by atoms with Crippen molar-refractivity contribution < 1.29 is 9.84 Å². The highest BCUT2D eigenvalue weighted by Crippen LogP contribution is 2.35. The molecule has 2 saturated heterocycles. The third-order valence-corrected chi connectivity index (χ3v) is 7.10. The van der Waals surface area contributed by atoms with Crippen molar-refractivity contribution in [3.63, 3.8) is 0 Å². The van der Waals surface area contributed by atoms with E-state index in [-0.39, 0.29) is 5.92 Å². The number of piperidine rings is 1. The maximum absolute atomic E-state index is 10.9. The van der Waals surface area contributed by atoms with Gasteiger partial charge in [0.15, 0.2) is 0 Å². The number of hydrogen-bond acceptors (Lipinski definition) is 8. The highest BCUT2D eigenvalue weighted by atomic mass is 32.1. The summed E-state index contributed by atoms with van der Waals surface area (Å²) in [7, 11) is 0. The van der Waals surface area contributed by atoms with E-state index in [1.807, 2.05) is 12.3 Å². The van der Waals surface area contributed by atoms with Crippen molar-refractivity contribution in [3.8, 4) is 0 Å². The minimum Gasteiger partial charge on any atom is -0.386 e. The van der Waals surface area contributed by atoms with Crippen LogP contribution in [-0.4, -0.2) is 59.5 Å². The molecule has 2 aliphatic heterocycles. The summed E-state index contributed by atoms with van der Waals surface area (Å²) in [5.74, 6) is 1.11. The van der Waals surface area contributed by atoms with Crippen LogP contribution in [0.4, 0.5) is 11.5 Å². The maximum atomic E-state index is 10.9. The van der Waals surface area contributed by atoms with Gasteiger partial charge in [0, 0.05) is 54.2 Å². The molecule has 2 unspecified atom stereocenters. The molecule has 0 radical (unpaired) electrons.